The molecule has 17 heteroatoms. The molecule has 5 aromatic rings. The number of carbonyl (C=O) groups is 1. The van der Waals surface area contributed by atoms with Gasteiger partial charge in [-0.3, -0.25) is 14.2 Å². The summed E-state index contributed by atoms with van der Waals surface area (Å²) in [5.74, 6) is 1.36. The SMILES string of the molecule is Cn1c(C(=O)N2CCN(Cc3ccc(OCC(F)(F)F)cc3)CC2)cc2ccc(Oc3ccc(CCCCCCCCCCN)cn3)cc21.O=S(=O)(O)c1ccc(Br)s1. The van der Waals surface area contributed by atoms with E-state index in [2.05, 4.69) is 31.9 Å². The van der Waals surface area contributed by atoms with Crippen LogP contribution >= 0.6 is 27.3 Å². The molecule has 4 heterocycles. The van der Waals surface area contributed by atoms with Gasteiger partial charge in [0.1, 0.15) is 21.4 Å². The molecule has 320 valence electrons. The van der Waals surface area contributed by atoms with Crippen LogP contribution in [-0.2, 0) is 30.1 Å². The summed E-state index contributed by atoms with van der Waals surface area (Å²) in [4.78, 5) is 22.2. The monoisotopic (exact) mass is 921 g/mol. The molecule has 1 saturated heterocycles. The highest BCUT2D eigenvalue weighted by atomic mass is 79.9. The van der Waals surface area contributed by atoms with Gasteiger partial charge < -0.3 is 24.7 Å². The largest absolute Gasteiger partial charge is 0.484 e. The molecule has 2 aromatic carbocycles. The highest BCUT2D eigenvalue weighted by Gasteiger charge is 2.28. The summed E-state index contributed by atoms with van der Waals surface area (Å²) in [6.45, 7) is 2.69. The molecule has 0 aliphatic carbocycles. The number of nitrogens with zero attached hydrogens (tertiary/aromatic N) is 4. The predicted octanol–water partition coefficient (Wildman–Crippen LogP) is 9.64. The van der Waals surface area contributed by atoms with Gasteiger partial charge in [0.05, 0.1) is 9.30 Å². The lowest BCUT2D eigenvalue weighted by Gasteiger charge is -2.34. The van der Waals surface area contributed by atoms with E-state index in [4.69, 9.17) is 19.8 Å². The Kier molecular flexibility index (Phi) is 17.2. The lowest BCUT2D eigenvalue weighted by atomic mass is 10.1. The van der Waals surface area contributed by atoms with E-state index in [1.54, 1.807) is 30.3 Å². The summed E-state index contributed by atoms with van der Waals surface area (Å²) in [5, 5.41) is 0.957. The number of pyridine rings is 1. The first-order chi connectivity index (χ1) is 28.2. The van der Waals surface area contributed by atoms with Crippen LogP contribution in [0.3, 0.4) is 0 Å². The predicted molar refractivity (Wildman–Crippen MR) is 228 cm³/mol. The Bertz CT molecular complexity index is 2190. The fourth-order valence-electron chi connectivity index (χ4n) is 6.67. The normalized spacial score (nSPS) is 13.6. The maximum atomic E-state index is 13.6. The van der Waals surface area contributed by atoms with E-state index in [-0.39, 0.29) is 15.9 Å². The van der Waals surface area contributed by atoms with Crippen LogP contribution in [0, 0.1) is 0 Å². The molecule has 11 nitrogen and oxygen atoms in total. The molecule has 1 aliphatic rings. The topological polar surface area (TPSA) is 140 Å². The molecule has 0 radical (unpaired) electrons. The van der Waals surface area contributed by atoms with Crippen molar-refractivity contribution in [1.82, 2.24) is 19.4 Å². The van der Waals surface area contributed by atoms with Gasteiger partial charge >= 0.3 is 16.3 Å². The van der Waals surface area contributed by atoms with Crippen LogP contribution in [0.4, 0.5) is 13.2 Å². The highest BCUT2D eigenvalue weighted by Crippen LogP contribution is 2.29. The number of hydrogen-bond donors (Lipinski definition) is 2. The van der Waals surface area contributed by atoms with Gasteiger partial charge in [-0.1, -0.05) is 56.7 Å². The Hall–Kier alpha value is -4.00. The summed E-state index contributed by atoms with van der Waals surface area (Å²) >= 11 is 4.04. The Morgan fingerprint density at radius 3 is 2.08 bits per heavy atom. The van der Waals surface area contributed by atoms with E-state index in [9.17, 15) is 26.4 Å². The fraction of sp³-hybridized carbons (Fsp3) is 0.429. The molecular formula is C42H51BrF3N5O6S2. The quantitative estimate of drug-likeness (QED) is 0.0650. The zero-order chi connectivity index (χ0) is 42.4. The van der Waals surface area contributed by atoms with Crippen LogP contribution < -0.4 is 15.2 Å². The summed E-state index contributed by atoms with van der Waals surface area (Å²) in [5.41, 5.74) is 9.26. The third-order valence-electron chi connectivity index (χ3n) is 9.87. The number of thiophene rings is 1. The summed E-state index contributed by atoms with van der Waals surface area (Å²) < 4.78 is 79.9. The smallest absolute Gasteiger partial charge is 0.422 e. The Morgan fingerprint density at radius 2 is 1.51 bits per heavy atom. The molecule has 0 atom stereocenters. The molecule has 0 unspecified atom stereocenters. The van der Waals surface area contributed by atoms with Crippen molar-refractivity contribution in [3.8, 4) is 17.4 Å². The van der Waals surface area contributed by atoms with Crippen LogP contribution in [0.25, 0.3) is 10.9 Å². The van der Waals surface area contributed by atoms with Crippen LogP contribution in [0.15, 0.2) is 87.0 Å². The number of carbonyl (C=O) groups excluding carboxylic acids is 1. The Balaban J connectivity index is 0.000000578. The lowest BCUT2D eigenvalue weighted by molar-refractivity contribution is -0.153. The van der Waals surface area contributed by atoms with Gasteiger partial charge in [-0.2, -0.15) is 21.6 Å². The molecule has 1 amide bonds. The molecule has 3 aromatic heterocycles. The van der Waals surface area contributed by atoms with E-state index >= 15 is 0 Å². The van der Waals surface area contributed by atoms with Gasteiger partial charge in [0.25, 0.3) is 5.91 Å². The highest BCUT2D eigenvalue weighted by molar-refractivity contribution is 9.11. The molecule has 0 bridgehead atoms. The lowest BCUT2D eigenvalue weighted by Crippen LogP contribution is -2.48. The van der Waals surface area contributed by atoms with Crippen molar-refractivity contribution in [2.45, 2.75) is 74.7 Å². The molecule has 59 heavy (non-hydrogen) atoms. The number of piperazine rings is 1. The van der Waals surface area contributed by atoms with E-state index in [0.29, 0.717) is 53.8 Å². The van der Waals surface area contributed by atoms with Gasteiger partial charge in [-0.15, -0.1) is 11.3 Å². The second-order valence-electron chi connectivity index (χ2n) is 14.4. The third kappa shape index (κ3) is 14.9. The maximum Gasteiger partial charge on any atom is 0.422 e. The van der Waals surface area contributed by atoms with Gasteiger partial charge in [0.2, 0.25) is 5.88 Å². The number of ether oxygens (including phenoxy) is 2. The first-order valence-electron chi connectivity index (χ1n) is 19.6. The molecule has 1 aliphatic heterocycles. The summed E-state index contributed by atoms with van der Waals surface area (Å²) in [6.07, 6.45) is 8.49. The molecular weight excluding hydrogens is 872 g/mol. The van der Waals surface area contributed by atoms with Gasteiger partial charge in [0.15, 0.2) is 6.61 Å². The number of fused-ring (bicyclic) bond motifs is 1. The number of rotatable bonds is 18. The fourth-order valence-corrected chi connectivity index (χ4v) is 9.05. The second kappa shape index (κ2) is 22.0. The molecule has 0 spiro atoms. The number of benzene rings is 2. The number of hydrogen-bond acceptors (Lipinski definition) is 9. The zero-order valence-electron chi connectivity index (χ0n) is 33.0. The van der Waals surface area contributed by atoms with Gasteiger partial charge in [0, 0.05) is 63.5 Å². The molecule has 6 rings (SSSR count). The number of aromatic nitrogens is 2. The van der Waals surface area contributed by atoms with E-state index in [1.165, 1.54) is 50.2 Å². The Labute approximate surface area is 356 Å². The van der Waals surface area contributed by atoms with Gasteiger partial charge in [-0.25, -0.2) is 4.98 Å². The van der Waals surface area contributed by atoms with Crippen LogP contribution in [0.1, 0.15) is 73.0 Å². The van der Waals surface area contributed by atoms with Crippen molar-refractivity contribution < 1.29 is 40.4 Å². The van der Waals surface area contributed by atoms with Crippen molar-refractivity contribution in [1.29, 1.82) is 0 Å². The third-order valence-corrected chi connectivity index (χ3v) is 12.8. The minimum Gasteiger partial charge on any atom is -0.484 e. The average molecular weight is 923 g/mol. The first-order valence-corrected chi connectivity index (χ1v) is 22.7. The number of halogens is 4. The number of aryl methyl sites for hydroxylation is 2. The minimum absolute atomic E-state index is 0.0215. The van der Waals surface area contributed by atoms with E-state index in [1.807, 2.05) is 53.0 Å². The Morgan fingerprint density at radius 1 is 0.864 bits per heavy atom. The molecule has 0 saturated carbocycles. The first kappa shape index (κ1) is 46.1. The zero-order valence-corrected chi connectivity index (χ0v) is 36.2. The second-order valence-corrected chi connectivity index (χ2v) is 18.5. The van der Waals surface area contributed by atoms with Crippen molar-refractivity contribution in [3.63, 3.8) is 0 Å². The van der Waals surface area contributed by atoms with Crippen molar-refractivity contribution in [2.24, 2.45) is 12.8 Å². The van der Waals surface area contributed by atoms with Crippen LogP contribution in [-0.4, -0.2) is 83.7 Å². The molecule has 3 N–H and O–H groups in total. The van der Waals surface area contributed by atoms with Crippen molar-refractivity contribution in [2.75, 3.05) is 39.3 Å². The maximum absolute atomic E-state index is 13.6. The van der Waals surface area contributed by atoms with Crippen LogP contribution in [0.2, 0.25) is 0 Å². The van der Waals surface area contributed by atoms with Crippen molar-refractivity contribution in [3.05, 3.63) is 99.6 Å². The van der Waals surface area contributed by atoms with Crippen LogP contribution in [0.5, 0.6) is 17.4 Å². The average Bonchev–Trinajstić information content (AvgIpc) is 3.80. The van der Waals surface area contributed by atoms with E-state index < -0.39 is 22.9 Å². The number of nitrogens with two attached hydrogens (primary N) is 1. The standard InChI is InChI=1S/C38H48F3N5O3.C4H3BrO3S2/c1-44-34-25-33(49-36-18-13-29(26-43-36)10-8-6-4-2-3-5-7-9-19-42)17-14-31(34)24-35(44)37(47)46-22-20-45(21-23-46)27-30-11-15-32(16-12-30)48-28-38(39,40)41;5-3-1-2-4(9-3)10(6,7)8/h11-18,24-26H,2-10,19-23,27-28,42H2,1H3;1-2H,(H,6,7,8). The summed E-state index contributed by atoms with van der Waals surface area (Å²) in [6, 6.07) is 21.3. The van der Waals surface area contributed by atoms with Gasteiger partial charge in [-0.05, 0) is 95.3 Å². The van der Waals surface area contributed by atoms with Crippen molar-refractivity contribution >= 4 is 54.2 Å². The number of unbranched alkanes of at least 4 members (excludes halogenated alkanes) is 7. The summed E-state index contributed by atoms with van der Waals surface area (Å²) in [7, 11) is -2.10. The van der Waals surface area contributed by atoms with E-state index in [0.717, 1.165) is 53.6 Å². The minimum atomic E-state index is -4.37. The number of alkyl halides is 3. The molecule has 1 fully saturated rings. The number of amides is 1.